The van der Waals surface area contributed by atoms with Crippen LogP contribution >= 0.6 is 12.6 Å². The summed E-state index contributed by atoms with van der Waals surface area (Å²) < 4.78 is 0. The standard InChI is InChI=1S/C20H25N5O6S/c1-11(26)21-8-17(27)24-15(6-12-7-22-14-5-3-2-4-13(12)14)20(31)25-16(10-32)19(30)23-9-18(28)29/h2-5,7,15-16,22,32H,6,8-10H2,1H3,(H,21,26)(H,23,30)(H,24,27)(H,25,31)(H,28,29)/t15-,16-/m0/s1. The van der Waals surface area contributed by atoms with Crippen molar-refractivity contribution in [1.29, 1.82) is 0 Å². The molecular formula is C20H25N5O6S. The number of carboxylic acid groups (broad SMARTS) is 1. The van der Waals surface area contributed by atoms with Gasteiger partial charge < -0.3 is 31.4 Å². The lowest BCUT2D eigenvalue weighted by Gasteiger charge is -2.22. The summed E-state index contributed by atoms with van der Waals surface area (Å²) >= 11 is 4.04. The van der Waals surface area contributed by atoms with Crippen molar-refractivity contribution in [2.45, 2.75) is 25.4 Å². The van der Waals surface area contributed by atoms with Gasteiger partial charge in [-0.25, -0.2) is 0 Å². The number of carbonyl (C=O) groups is 5. The Morgan fingerprint density at radius 1 is 1.00 bits per heavy atom. The van der Waals surface area contributed by atoms with Gasteiger partial charge in [0.05, 0.1) is 6.54 Å². The van der Waals surface area contributed by atoms with Crippen molar-refractivity contribution in [3.63, 3.8) is 0 Å². The number of fused-ring (bicyclic) bond motifs is 1. The maximum Gasteiger partial charge on any atom is 0.322 e. The molecule has 0 aliphatic rings. The molecule has 0 fully saturated rings. The molecule has 6 N–H and O–H groups in total. The third-order valence-electron chi connectivity index (χ3n) is 4.48. The normalized spacial score (nSPS) is 12.4. The van der Waals surface area contributed by atoms with Crippen LogP contribution in [0.4, 0.5) is 0 Å². The van der Waals surface area contributed by atoms with E-state index >= 15 is 0 Å². The zero-order valence-electron chi connectivity index (χ0n) is 17.3. The number of para-hydroxylation sites is 1. The Hall–Kier alpha value is -3.54. The number of rotatable bonds is 11. The molecule has 11 nitrogen and oxygen atoms in total. The summed E-state index contributed by atoms with van der Waals surface area (Å²) in [6.45, 7) is 0.337. The van der Waals surface area contributed by atoms with Gasteiger partial charge in [0.2, 0.25) is 23.6 Å². The second-order valence-corrected chi connectivity index (χ2v) is 7.31. The number of hydrogen-bond acceptors (Lipinski definition) is 6. The highest BCUT2D eigenvalue weighted by atomic mass is 32.1. The van der Waals surface area contributed by atoms with E-state index in [2.05, 4.69) is 38.9 Å². The number of aromatic amines is 1. The molecule has 32 heavy (non-hydrogen) atoms. The van der Waals surface area contributed by atoms with Crippen LogP contribution in [0.25, 0.3) is 10.9 Å². The highest BCUT2D eigenvalue weighted by Crippen LogP contribution is 2.19. The van der Waals surface area contributed by atoms with E-state index < -0.39 is 48.2 Å². The molecule has 2 atom stereocenters. The third kappa shape index (κ3) is 7.30. The number of aromatic nitrogens is 1. The molecule has 2 rings (SSSR count). The smallest absolute Gasteiger partial charge is 0.322 e. The van der Waals surface area contributed by atoms with Crippen molar-refractivity contribution in [3.05, 3.63) is 36.0 Å². The molecular weight excluding hydrogens is 438 g/mol. The number of amides is 4. The minimum Gasteiger partial charge on any atom is -0.480 e. The summed E-state index contributed by atoms with van der Waals surface area (Å²) in [4.78, 5) is 62.2. The van der Waals surface area contributed by atoms with Crippen LogP contribution in [0.3, 0.4) is 0 Å². The van der Waals surface area contributed by atoms with E-state index in [4.69, 9.17) is 5.11 Å². The first-order valence-corrected chi connectivity index (χ1v) is 10.3. The highest BCUT2D eigenvalue weighted by molar-refractivity contribution is 7.80. The Kier molecular flexibility index (Phi) is 9.08. The molecule has 0 spiro atoms. The van der Waals surface area contributed by atoms with Gasteiger partial charge in [-0.15, -0.1) is 0 Å². The second-order valence-electron chi connectivity index (χ2n) is 6.95. The van der Waals surface area contributed by atoms with Gasteiger partial charge >= 0.3 is 5.97 Å². The van der Waals surface area contributed by atoms with Gasteiger partial charge in [-0.3, -0.25) is 24.0 Å². The summed E-state index contributed by atoms with van der Waals surface area (Å²) in [6, 6.07) is 5.26. The highest BCUT2D eigenvalue weighted by Gasteiger charge is 2.27. The van der Waals surface area contributed by atoms with Gasteiger partial charge in [0.25, 0.3) is 0 Å². The summed E-state index contributed by atoms with van der Waals surface area (Å²) in [5, 5.41) is 19.2. The zero-order chi connectivity index (χ0) is 23.7. The quantitative estimate of drug-likeness (QED) is 0.210. The zero-order valence-corrected chi connectivity index (χ0v) is 18.2. The molecule has 1 aromatic heterocycles. The topological polar surface area (TPSA) is 169 Å². The van der Waals surface area contributed by atoms with Gasteiger partial charge in [-0.2, -0.15) is 12.6 Å². The van der Waals surface area contributed by atoms with Crippen LogP contribution in [-0.2, 0) is 30.4 Å². The van der Waals surface area contributed by atoms with Crippen molar-refractivity contribution >= 4 is 53.1 Å². The maximum atomic E-state index is 12.9. The van der Waals surface area contributed by atoms with E-state index in [0.29, 0.717) is 0 Å². The van der Waals surface area contributed by atoms with E-state index in [0.717, 1.165) is 16.5 Å². The van der Waals surface area contributed by atoms with Crippen molar-refractivity contribution in [3.8, 4) is 0 Å². The molecule has 1 aromatic carbocycles. The first-order valence-electron chi connectivity index (χ1n) is 9.70. The number of hydrogen-bond donors (Lipinski definition) is 7. The molecule has 172 valence electrons. The lowest BCUT2D eigenvalue weighted by Crippen LogP contribution is -2.56. The molecule has 2 aromatic rings. The lowest BCUT2D eigenvalue weighted by molar-refractivity contribution is -0.138. The Bertz CT molecular complexity index is 1010. The summed E-state index contributed by atoms with van der Waals surface area (Å²) in [7, 11) is 0. The summed E-state index contributed by atoms with van der Waals surface area (Å²) in [5.74, 6) is -3.68. The van der Waals surface area contributed by atoms with Gasteiger partial charge in [0.15, 0.2) is 0 Å². The molecule has 1 heterocycles. The number of thiol groups is 1. The Morgan fingerprint density at radius 2 is 1.72 bits per heavy atom. The van der Waals surface area contributed by atoms with Crippen LogP contribution in [0.2, 0.25) is 0 Å². The fraction of sp³-hybridized carbons (Fsp3) is 0.350. The molecule has 4 amide bonds. The average molecular weight is 464 g/mol. The molecule has 0 saturated carbocycles. The summed E-state index contributed by atoms with van der Waals surface area (Å²) in [6.07, 6.45) is 1.83. The van der Waals surface area contributed by atoms with Crippen LogP contribution < -0.4 is 21.3 Å². The van der Waals surface area contributed by atoms with Crippen molar-refractivity contribution in [2.24, 2.45) is 0 Å². The number of carboxylic acids is 1. The van der Waals surface area contributed by atoms with Crippen molar-refractivity contribution in [1.82, 2.24) is 26.3 Å². The fourth-order valence-corrected chi connectivity index (χ4v) is 3.19. The molecule has 0 saturated heterocycles. The maximum absolute atomic E-state index is 12.9. The third-order valence-corrected chi connectivity index (χ3v) is 4.84. The minimum absolute atomic E-state index is 0.0865. The first kappa shape index (κ1) is 24.7. The Balaban J connectivity index is 2.17. The van der Waals surface area contributed by atoms with Crippen molar-refractivity contribution in [2.75, 3.05) is 18.8 Å². The number of benzene rings is 1. The molecule has 0 unspecified atom stereocenters. The van der Waals surface area contributed by atoms with Gasteiger partial charge in [-0.05, 0) is 11.6 Å². The van der Waals surface area contributed by atoms with Crippen LogP contribution in [0.1, 0.15) is 12.5 Å². The summed E-state index contributed by atoms with van der Waals surface area (Å²) in [5.41, 5.74) is 1.62. The lowest BCUT2D eigenvalue weighted by atomic mass is 10.0. The SMILES string of the molecule is CC(=O)NCC(=O)N[C@@H](Cc1c[nH]c2ccccc12)C(=O)N[C@@H](CS)C(=O)NCC(=O)O. The van der Waals surface area contributed by atoms with Crippen molar-refractivity contribution < 1.29 is 29.1 Å². The predicted octanol–water partition coefficient (Wildman–Crippen LogP) is -1.05. The predicted molar refractivity (Wildman–Crippen MR) is 119 cm³/mol. The molecule has 0 aliphatic carbocycles. The van der Waals surface area contributed by atoms with Crippen LogP contribution in [0.15, 0.2) is 30.5 Å². The molecule has 0 radical (unpaired) electrons. The van der Waals surface area contributed by atoms with Crippen LogP contribution in [-0.4, -0.2) is 70.6 Å². The number of nitrogens with one attached hydrogen (secondary N) is 5. The number of carbonyl (C=O) groups excluding carboxylic acids is 4. The first-order chi connectivity index (χ1) is 15.2. The molecule has 12 heteroatoms. The number of aliphatic carboxylic acids is 1. The van der Waals surface area contributed by atoms with E-state index in [9.17, 15) is 24.0 Å². The van der Waals surface area contributed by atoms with Crippen LogP contribution in [0.5, 0.6) is 0 Å². The second kappa shape index (κ2) is 11.7. The average Bonchev–Trinajstić information content (AvgIpc) is 3.16. The monoisotopic (exact) mass is 463 g/mol. The Labute approximate surface area is 189 Å². The Morgan fingerprint density at radius 3 is 2.38 bits per heavy atom. The van der Waals surface area contributed by atoms with E-state index in [1.807, 2.05) is 24.3 Å². The largest absolute Gasteiger partial charge is 0.480 e. The van der Waals surface area contributed by atoms with E-state index in [1.54, 1.807) is 6.20 Å². The van der Waals surface area contributed by atoms with E-state index in [-0.39, 0.29) is 18.7 Å². The molecule has 0 bridgehead atoms. The number of H-pyrrole nitrogens is 1. The van der Waals surface area contributed by atoms with Gasteiger partial charge in [-0.1, -0.05) is 18.2 Å². The van der Waals surface area contributed by atoms with Gasteiger partial charge in [0, 0.05) is 36.2 Å². The molecule has 0 aliphatic heterocycles. The van der Waals surface area contributed by atoms with Gasteiger partial charge in [0.1, 0.15) is 18.6 Å². The van der Waals surface area contributed by atoms with E-state index in [1.165, 1.54) is 6.92 Å². The minimum atomic E-state index is -1.23. The van der Waals surface area contributed by atoms with Crippen LogP contribution in [0, 0.1) is 0 Å². The fourth-order valence-electron chi connectivity index (χ4n) is 2.93.